The summed E-state index contributed by atoms with van der Waals surface area (Å²) < 4.78 is 11.6. The lowest BCUT2D eigenvalue weighted by molar-refractivity contribution is -0.384. The number of hydrogen-bond acceptors (Lipinski definition) is 6. The van der Waals surface area contributed by atoms with Gasteiger partial charge >= 0.3 is 0 Å². The molecule has 1 fully saturated rings. The summed E-state index contributed by atoms with van der Waals surface area (Å²) in [4.78, 5) is 17.3. The lowest BCUT2D eigenvalue weighted by Gasteiger charge is -2.25. The summed E-state index contributed by atoms with van der Waals surface area (Å²) >= 11 is 5.60. The molecule has 0 spiro atoms. The summed E-state index contributed by atoms with van der Waals surface area (Å²) in [5, 5.41) is 15.1. The fraction of sp³-hybridized carbons (Fsp3) is 0.273. The van der Waals surface area contributed by atoms with Gasteiger partial charge in [-0.15, -0.1) is 0 Å². The Morgan fingerprint density at radius 1 is 1.29 bits per heavy atom. The first kappa shape index (κ1) is 20.8. The van der Waals surface area contributed by atoms with Gasteiger partial charge < -0.3 is 19.4 Å². The van der Waals surface area contributed by atoms with Crippen LogP contribution in [0.4, 0.5) is 5.69 Å². The molecule has 3 aromatic rings. The van der Waals surface area contributed by atoms with E-state index >= 15 is 0 Å². The largest absolute Gasteiger partial charge is 0.496 e. The zero-order chi connectivity index (χ0) is 22.0. The molecule has 4 rings (SSSR count). The van der Waals surface area contributed by atoms with Crippen molar-refractivity contribution in [2.45, 2.75) is 25.4 Å². The SMILES string of the molecule is CCCN1C(=S)N[C@H](c2ccccn2)[C@H]1c1ccc(-c2ccc([N+](=O)[O-])cc2OC)o1. The van der Waals surface area contributed by atoms with Gasteiger partial charge in [0.2, 0.25) is 0 Å². The van der Waals surface area contributed by atoms with Gasteiger partial charge in [-0.25, -0.2) is 0 Å². The van der Waals surface area contributed by atoms with Gasteiger partial charge in [0.05, 0.1) is 35.4 Å². The second-order valence-electron chi connectivity index (χ2n) is 7.16. The van der Waals surface area contributed by atoms with Crippen molar-refractivity contribution < 1.29 is 14.1 Å². The molecule has 1 N–H and O–H groups in total. The van der Waals surface area contributed by atoms with Crippen molar-refractivity contribution in [2.24, 2.45) is 0 Å². The van der Waals surface area contributed by atoms with E-state index in [9.17, 15) is 10.1 Å². The van der Waals surface area contributed by atoms with Crippen LogP contribution in [-0.4, -0.2) is 33.6 Å². The summed E-state index contributed by atoms with van der Waals surface area (Å²) in [5.74, 6) is 1.67. The molecule has 2 aromatic heterocycles. The number of methoxy groups -OCH3 is 1. The molecule has 0 unspecified atom stereocenters. The molecule has 0 saturated carbocycles. The minimum atomic E-state index is -0.453. The van der Waals surface area contributed by atoms with Crippen LogP contribution >= 0.6 is 12.2 Å². The molecule has 31 heavy (non-hydrogen) atoms. The Morgan fingerprint density at radius 2 is 2.13 bits per heavy atom. The molecule has 0 bridgehead atoms. The van der Waals surface area contributed by atoms with Gasteiger partial charge in [-0.1, -0.05) is 13.0 Å². The summed E-state index contributed by atoms with van der Waals surface area (Å²) in [5.41, 5.74) is 1.48. The lowest BCUT2D eigenvalue weighted by Crippen LogP contribution is -2.30. The fourth-order valence-electron chi connectivity index (χ4n) is 3.85. The molecule has 0 amide bonds. The van der Waals surface area contributed by atoms with E-state index in [4.69, 9.17) is 21.4 Å². The average molecular weight is 439 g/mol. The van der Waals surface area contributed by atoms with Crippen molar-refractivity contribution in [3.05, 3.63) is 76.3 Å². The molecular weight excluding hydrogens is 416 g/mol. The summed E-state index contributed by atoms with van der Waals surface area (Å²) in [6, 6.07) is 13.7. The monoisotopic (exact) mass is 438 g/mol. The maximum absolute atomic E-state index is 11.1. The molecule has 1 aliphatic rings. The molecular formula is C22H22N4O4S. The summed E-state index contributed by atoms with van der Waals surface area (Å²) in [6.07, 6.45) is 2.69. The number of nitrogens with zero attached hydrogens (tertiary/aromatic N) is 3. The van der Waals surface area contributed by atoms with Gasteiger partial charge in [-0.05, 0) is 49.0 Å². The molecule has 160 valence electrons. The van der Waals surface area contributed by atoms with E-state index in [1.165, 1.54) is 19.2 Å². The van der Waals surface area contributed by atoms with E-state index in [1.807, 2.05) is 30.3 Å². The summed E-state index contributed by atoms with van der Waals surface area (Å²) in [7, 11) is 1.48. The van der Waals surface area contributed by atoms with E-state index in [0.717, 1.165) is 24.4 Å². The quantitative estimate of drug-likeness (QED) is 0.324. The van der Waals surface area contributed by atoms with Crippen LogP contribution in [0.2, 0.25) is 0 Å². The number of pyridine rings is 1. The highest BCUT2D eigenvalue weighted by molar-refractivity contribution is 7.80. The van der Waals surface area contributed by atoms with Crippen LogP contribution in [0, 0.1) is 10.1 Å². The molecule has 8 nitrogen and oxygen atoms in total. The first-order valence-corrected chi connectivity index (χ1v) is 10.3. The van der Waals surface area contributed by atoms with Crippen LogP contribution in [0.5, 0.6) is 5.75 Å². The molecule has 1 saturated heterocycles. The van der Waals surface area contributed by atoms with Gasteiger partial charge in [0.1, 0.15) is 23.3 Å². The minimum Gasteiger partial charge on any atom is -0.496 e. The third-order valence-electron chi connectivity index (χ3n) is 5.24. The molecule has 3 heterocycles. The number of furan rings is 1. The molecule has 1 aromatic carbocycles. The molecule has 2 atom stereocenters. The Hall–Kier alpha value is -3.46. The Bertz CT molecular complexity index is 1100. The van der Waals surface area contributed by atoms with E-state index in [-0.39, 0.29) is 17.8 Å². The second kappa shape index (κ2) is 8.73. The Labute approximate surface area is 185 Å². The van der Waals surface area contributed by atoms with Crippen LogP contribution in [0.25, 0.3) is 11.3 Å². The number of rotatable bonds is 7. The number of hydrogen-bond donors (Lipinski definition) is 1. The number of nitro benzene ring substituents is 1. The number of nitro groups is 1. The van der Waals surface area contributed by atoms with Crippen molar-refractivity contribution >= 4 is 23.0 Å². The number of aromatic nitrogens is 1. The first-order chi connectivity index (χ1) is 15.0. The highest BCUT2D eigenvalue weighted by Gasteiger charge is 2.41. The van der Waals surface area contributed by atoms with Gasteiger partial charge in [0, 0.05) is 18.8 Å². The molecule has 0 aliphatic carbocycles. The van der Waals surface area contributed by atoms with Gasteiger partial charge in [-0.2, -0.15) is 0 Å². The number of thiocarbonyl (C=S) groups is 1. The number of non-ortho nitro benzene ring substituents is 1. The van der Waals surface area contributed by atoms with Gasteiger partial charge in [0.25, 0.3) is 5.69 Å². The van der Waals surface area contributed by atoms with Crippen molar-refractivity contribution in [1.29, 1.82) is 0 Å². The smallest absolute Gasteiger partial charge is 0.273 e. The van der Waals surface area contributed by atoms with Crippen molar-refractivity contribution in [3.8, 4) is 17.1 Å². The number of nitrogens with one attached hydrogen (secondary N) is 1. The second-order valence-corrected chi connectivity index (χ2v) is 7.55. The first-order valence-electron chi connectivity index (χ1n) is 9.94. The average Bonchev–Trinajstić information content (AvgIpc) is 3.39. The molecule has 9 heteroatoms. The predicted octanol–water partition coefficient (Wildman–Crippen LogP) is 4.64. The highest BCUT2D eigenvalue weighted by atomic mass is 32.1. The lowest BCUT2D eigenvalue weighted by atomic mass is 10.0. The topological polar surface area (TPSA) is 93.7 Å². The Balaban J connectivity index is 1.73. The zero-order valence-electron chi connectivity index (χ0n) is 17.1. The van der Waals surface area contributed by atoms with Crippen LogP contribution in [0.3, 0.4) is 0 Å². The standard InChI is InChI=1S/C22H22N4O4S/c1-3-12-25-21(20(24-22(25)31)16-6-4-5-11-23-16)18-10-9-17(30-18)15-8-7-14(26(27)28)13-19(15)29-2/h4-11,13,20-21H,3,12H2,1-2H3,(H,24,31)/t20-,21-/m1/s1. The van der Waals surface area contributed by atoms with Crippen LogP contribution in [0.15, 0.2) is 59.1 Å². The van der Waals surface area contributed by atoms with Crippen molar-refractivity contribution in [3.63, 3.8) is 0 Å². The van der Waals surface area contributed by atoms with E-state index in [2.05, 4.69) is 22.1 Å². The van der Waals surface area contributed by atoms with Crippen LogP contribution in [-0.2, 0) is 0 Å². The predicted molar refractivity (Wildman–Crippen MR) is 120 cm³/mol. The van der Waals surface area contributed by atoms with E-state index in [1.54, 1.807) is 12.3 Å². The highest BCUT2D eigenvalue weighted by Crippen LogP contribution is 2.42. The Morgan fingerprint density at radius 3 is 2.81 bits per heavy atom. The fourth-order valence-corrected chi connectivity index (χ4v) is 4.18. The maximum Gasteiger partial charge on any atom is 0.273 e. The Kier molecular flexibility index (Phi) is 5.85. The van der Waals surface area contributed by atoms with E-state index < -0.39 is 4.92 Å². The molecule has 1 aliphatic heterocycles. The maximum atomic E-state index is 11.1. The summed E-state index contributed by atoms with van der Waals surface area (Å²) in [6.45, 7) is 2.87. The van der Waals surface area contributed by atoms with Crippen molar-refractivity contribution in [1.82, 2.24) is 15.2 Å². The number of ether oxygens (including phenoxy) is 1. The third-order valence-corrected chi connectivity index (χ3v) is 5.59. The number of benzene rings is 1. The van der Waals surface area contributed by atoms with Crippen LogP contribution in [0.1, 0.15) is 36.9 Å². The van der Waals surface area contributed by atoms with Gasteiger partial charge in [-0.3, -0.25) is 15.1 Å². The normalized spacial score (nSPS) is 18.1. The third kappa shape index (κ3) is 3.96. The molecule has 0 radical (unpaired) electrons. The minimum absolute atomic E-state index is 0.0398. The van der Waals surface area contributed by atoms with Gasteiger partial charge in [0.15, 0.2) is 5.11 Å². The van der Waals surface area contributed by atoms with Crippen molar-refractivity contribution in [2.75, 3.05) is 13.7 Å². The van der Waals surface area contributed by atoms with E-state index in [0.29, 0.717) is 22.2 Å². The van der Waals surface area contributed by atoms with Crippen LogP contribution < -0.4 is 10.1 Å². The zero-order valence-corrected chi connectivity index (χ0v) is 18.0.